The van der Waals surface area contributed by atoms with E-state index in [9.17, 15) is 0 Å². The zero-order chi connectivity index (χ0) is 14.7. The standard InChI is InChI=1S/C16H15N3OS/c1-11-7-9-12(10-8-11)17-16-19-18-15(21-16)13-5-3-4-6-14(13)20-2/h3-10H,1-2H3,(H,17,19). The Morgan fingerprint density at radius 3 is 2.52 bits per heavy atom. The number of aryl methyl sites for hydroxylation is 1. The molecule has 0 spiro atoms. The third-order valence-corrected chi connectivity index (χ3v) is 3.94. The number of hydrogen-bond acceptors (Lipinski definition) is 5. The molecule has 0 radical (unpaired) electrons. The van der Waals surface area contributed by atoms with Gasteiger partial charge >= 0.3 is 0 Å². The fourth-order valence-electron chi connectivity index (χ4n) is 1.96. The van der Waals surface area contributed by atoms with Gasteiger partial charge in [0.25, 0.3) is 0 Å². The first kappa shape index (κ1) is 13.6. The van der Waals surface area contributed by atoms with Crippen LogP contribution in [0.4, 0.5) is 10.8 Å². The minimum absolute atomic E-state index is 0.764. The van der Waals surface area contributed by atoms with Gasteiger partial charge in [0.05, 0.1) is 12.7 Å². The summed E-state index contributed by atoms with van der Waals surface area (Å²) in [7, 11) is 1.66. The number of methoxy groups -OCH3 is 1. The van der Waals surface area contributed by atoms with E-state index in [1.165, 1.54) is 16.9 Å². The van der Waals surface area contributed by atoms with E-state index < -0.39 is 0 Å². The van der Waals surface area contributed by atoms with Crippen LogP contribution >= 0.6 is 11.3 Å². The van der Waals surface area contributed by atoms with Crippen LogP contribution in [0.3, 0.4) is 0 Å². The summed E-state index contributed by atoms with van der Waals surface area (Å²) in [6, 6.07) is 16.0. The van der Waals surface area contributed by atoms with Gasteiger partial charge in [-0.1, -0.05) is 41.2 Å². The van der Waals surface area contributed by atoms with Crippen LogP contribution in [-0.4, -0.2) is 17.3 Å². The van der Waals surface area contributed by atoms with Gasteiger partial charge in [-0.3, -0.25) is 0 Å². The minimum atomic E-state index is 0.764. The molecule has 0 aliphatic heterocycles. The van der Waals surface area contributed by atoms with Gasteiger partial charge in [-0.2, -0.15) is 0 Å². The maximum atomic E-state index is 5.36. The molecule has 0 atom stereocenters. The van der Waals surface area contributed by atoms with Gasteiger partial charge in [0.2, 0.25) is 5.13 Å². The van der Waals surface area contributed by atoms with Crippen molar-refractivity contribution in [3.05, 3.63) is 54.1 Å². The van der Waals surface area contributed by atoms with Crippen LogP contribution in [0.2, 0.25) is 0 Å². The summed E-state index contributed by atoms with van der Waals surface area (Å²) in [5.74, 6) is 0.801. The summed E-state index contributed by atoms with van der Waals surface area (Å²) in [4.78, 5) is 0. The lowest BCUT2D eigenvalue weighted by Crippen LogP contribution is -1.88. The molecule has 0 amide bonds. The normalized spacial score (nSPS) is 10.4. The van der Waals surface area contributed by atoms with Crippen molar-refractivity contribution < 1.29 is 4.74 Å². The Hall–Kier alpha value is -2.40. The van der Waals surface area contributed by atoms with E-state index >= 15 is 0 Å². The molecule has 1 heterocycles. The molecule has 1 N–H and O–H groups in total. The highest BCUT2D eigenvalue weighted by Gasteiger charge is 2.11. The largest absolute Gasteiger partial charge is 0.496 e. The van der Waals surface area contributed by atoms with Crippen LogP contribution in [0.15, 0.2) is 48.5 Å². The number of hydrogen-bond donors (Lipinski definition) is 1. The van der Waals surface area contributed by atoms with Crippen molar-refractivity contribution in [3.8, 4) is 16.3 Å². The van der Waals surface area contributed by atoms with Gasteiger partial charge in [0.1, 0.15) is 5.75 Å². The van der Waals surface area contributed by atoms with E-state index in [0.29, 0.717) is 0 Å². The molecule has 3 aromatic rings. The summed E-state index contributed by atoms with van der Waals surface area (Å²) in [5, 5.41) is 13.3. The van der Waals surface area contributed by atoms with E-state index in [4.69, 9.17) is 4.74 Å². The molecule has 0 saturated heterocycles. The topological polar surface area (TPSA) is 47.0 Å². The number of aromatic nitrogens is 2. The molecule has 1 aromatic heterocycles. The van der Waals surface area contributed by atoms with Gasteiger partial charge < -0.3 is 10.1 Å². The number of anilines is 2. The van der Waals surface area contributed by atoms with E-state index in [1.807, 2.05) is 36.4 Å². The molecular formula is C16H15N3OS. The zero-order valence-corrected chi connectivity index (χ0v) is 12.6. The quantitative estimate of drug-likeness (QED) is 0.781. The molecular weight excluding hydrogens is 282 g/mol. The molecule has 0 aliphatic carbocycles. The summed E-state index contributed by atoms with van der Waals surface area (Å²) in [5.41, 5.74) is 3.19. The van der Waals surface area contributed by atoms with Crippen molar-refractivity contribution in [1.82, 2.24) is 10.2 Å². The number of nitrogens with one attached hydrogen (secondary N) is 1. The van der Waals surface area contributed by atoms with Gasteiger partial charge in [0, 0.05) is 5.69 Å². The van der Waals surface area contributed by atoms with Gasteiger partial charge in [0.15, 0.2) is 5.01 Å². The average Bonchev–Trinajstić information content (AvgIpc) is 2.98. The third-order valence-electron chi connectivity index (χ3n) is 3.07. The second kappa shape index (κ2) is 5.93. The van der Waals surface area contributed by atoms with Crippen LogP contribution in [0.5, 0.6) is 5.75 Å². The summed E-state index contributed by atoms with van der Waals surface area (Å²) in [6.45, 7) is 2.06. The number of para-hydroxylation sites is 1. The molecule has 3 rings (SSSR count). The molecule has 2 aromatic carbocycles. The van der Waals surface area contributed by atoms with Crippen molar-refractivity contribution in [2.45, 2.75) is 6.92 Å². The second-order valence-corrected chi connectivity index (χ2v) is 5.58. The zero-order valence-electron chi connectivity index (χ0n) is 11.8. The van der Waals surface area contributed by atoms with E-state index in [1.54, 1.807) is 7.11 Å². The smallest absolute Gasteiger partial charge is 0.210 e. The van der Waals surface area contributed by atoms with Crippen LogP contribution < -0.4 is 10.1 Å². The molecule has 0 aliphatic rings. The van der Waals surface area contributed by atoms with Gasteiger partial charge in [-0.15, -0.1) is 10.2 Å². The second-order valence-electron chi connectivity index (χ2n) is 4.60. The molecule has 21 heavy (non-hydrogen) atoms. The lowest BCUT2D eigenvalue weighted by molar-refractivity contribution is 0.416. The molecule has 5 heteroatoms. The molecule has 0 bridgehead atoms. The van der Waals surface area contributed by atoms with Gasteiger partial charge in [-0.25, -0.2) is 0 Å². The van der Waals surface area contributed by atoms with Crippen molar-refractivity contribution in [2.24, 2.45) is 0 Å². The fourth-order valence-corrected chi connectivity index (χ4v) is 2.76. The number of rotatable bonds is 4. The van der Waals surface area contributed by atoms with E-state index in [-0.39, 0.29) is 0 Å². The van der Waals surface area contributed by atoms with Crippen LogP contribution in [0.1, 0.15) is 5.56 Å². The Kier molecular flexibility index (Phi) is 3.83. The van der Waals surface area contributed by atoms with E-state index in [0.717, 1.165) is 27.1 Å². The SMILES string of the molecule is COc1ccccc1-c1nnc(Nc2ccc(C)cc2)s1. The number of benzene rings is 2. The Labute approximate surface area is 127 Å². The molecule has 4 nitrogen and oxygen atoms in total. The van der Waals surface area contributed by atoms with Gasteiger partial charge in [-0.05, 0) is 31.2 Å². The van der Waals surface area contributed by atoms with Crippen molar-refractivity contribution >= 4 is 22.2 Å². The van der Waals surface area contributed by atoms with Crippen molar-refractivity contribution in [1.29, 1.82) is 0 Å². The molecule has 0 unspecified atom stereocenters. The summed E-state index contributed by atoms with van der Waals surface area (Å²) >= 11 is 1.50. The first-order chi connectivity index (χ1) is 10.3. The highest BCUT2D eigenvalue weighted by molar-refractivity contribution is 7.18. The number of ether oxygens (including phenoxy) is 1. The maximum absolute atomic E-state index is 5.36. The average molecular weight is 297 g/mol. The predicted molar refractivity (Wildman–Crippen MR) is 86.4 cm³/mol. The summed E-state index contributed by atoms with van der Waals surface area (Å²) in [6.07, 6.45) is 0. The van der Waals surface area contributed by atoms with Crippen LogP contribution in [0, 0.1) is 6.92 Å². The molecule has 0 fully saturated rings. The predicted octanol–water partition coefficient (Wildman–Crippen LogP) is 4.27. The van der Waals surface area contributed by atoms with Crippen molar-refractivity contribution in [3.63, 3.8) is 0 Å². The Morgan fingerprint density at radius 2 is 1.76 bits per heavy atom. The lowest BCUT2D eigenvalue weighted by atomic mass is 10.2. The highest BCUT2D eigenvalue weighted by Crippen LogP contribution is 2.34. The Balaban J connectivity index is 1.84. The minimum Gasteiger partial charge on any atom is -0.496 e. The van der Waals surface area contributed by atoms with E-state index in [2.05, 4.69) is 34.6 Å². The Morgan fingerprint density at radius 1 is 1.00 bits per heavy atom. The fraction of sp³-hybridized carbons (Fsp3) is 0.125. The summed E-state index contributed by atoms with van der Waals surface area (Å²) < 4.78 is 5.36. The first-order valence-corrected chi connectivity index (χ1v) is 7.38. The third kappa shape index (κ3) is 3.03. The molecule has 106 valence electrons. The van der Waals surface area contributed by atoms with Crippen LogP contribution in [-0.2, 0) is 0 Å². The maximum Gasteiger partial charge on any atom is 0.210 e. The number of nitrogens with zero attached hydrogens (tertiary/aromatic N) is 2. The molecule has 0 saturated carbocycles. The highest BCUT2D eigenvalue weighted by atomic mass is 32.1. The van der Waals surface area contributed by atoms with Crippen molar-refractivity contribution in [2.75, 3.05) is 12.4 Å². The monoisotopic (exact) mass is 297 g/mol. The van der Waals surface area contributed by atoms with Crippen LogP contribution in [0.25, 0.3) is 10.6 Å². The Bertz CT molecular complexity index is 737. The first-order valence-electron chi connectivity index (χ1n) is 6.57. The lowest BCUT2D eigenvalue weighted by Gasteiger charge is -2.04.